The van der Waals surface area contributed by atoms with Gasteiger partial charge in [0.2, 0.25) is 5.89 Å². The number of rotatable bonds is 5. The van der Waals surface area contributed by atoms with Crippen molar-refractivity contribution in [2.45, 2.75) is 6.92 Å². The van der Waals surface area contributed by atoms with Crippen molar-refractivity contribution in [1.29, 1.82) is 0 Å². The lowest BCUT2D eigenvalue weighted by atomic mass is 10.2. The lowest BCUT2D eigenvalue weighted by Gasteiger charge is -2.10. The molecular weight excluding hydrogens is 434 g/mol. The summed E-state index contributed by atoms with van der Waals surface area (Å²) in [6.45, 7) is 2.41. The van der Waals surface area contributed by atoms with E-state index in [1.807, 2.05) is 25.1 Å². The number of ether oxygens (including phenoxy) is 1. The van der Waals surface area contributed by atoms with Crippen molar-refractivity contribution in [2.24, 2.45) is 0 Å². The molecule has 0 spiro atoms. The number of hydrogen-bond acceptors (Lipinski definition) is 5. The van der Waals surface area contributed by atoms with Gasteiger partial charge in [-0.15, -0.1) is 0 Å². The highest BCUT2D eigenvalue weighted by Gasteiger charge is 2.13. The minimum absolute atomic E-state index is 0.168. The maximum Gasteiger partial charge on any atom is 0.257 e. The summed E-state index contributed by atoms with van der Waals surface area (Å²) in [6, 6.07) is 19.6. The third-order valence-corrected chi connectivity index (χ3v) is 4.92. The molecule has 1 heterocycles. The van der Waals surface area contributed by atoms with Gasteiger partial charge in [-0.25, -0.2) is 4.98 Å². The second kappa shape index (κ2) is 9.16. The van der Waals surface area contributed by atoms with Crippen LogP contribution in [-0.2, 0) is 0 Å². The molecule has 1 aromatic heterocycles. The maximum absolute atomic E-state index is 12.5. The first kappa shape index (κ1) is 20.8. The Labute approximate surface area is 189 Å². The molecule has 0 aliphatic carbocycles. The van der Waals surface area contributed by atoms with Crippen molar-refractivity contribution >= 4 is 51.6 Å². The van der Waals surface area contributed by atoms with Crippen LogP contribution in [0.3, 0.4) is 0 Å². The van der Waals surface area contributed by atoms with E-state index in [-0.39, 0.29) is 11.0 Å². The van der Waals surface area contributed by atoms with E-state index in [0.29, 0.717) is 51.2 Å². The Hall–Kier alpha value is -3.42. The van der Waals surface area contributed by atoms with Gasteiger partial charge in [-0.2, -0.15) is 0 Å². The van der Waals surface area contributed by atoms with Crippen LogP contribution < -0.4 is 15.4 Å². The summed E-state index contributed by atoms with van der Waals surface area (Å²) in [5.74, 6) is 0.727. The Morgan fingerprint density at radius 3 is 2.77 bits per heavy atom. The van der Waals surface area contributed by atoms with E-state index >= 15 is 0 Å². The van der Waals surface area contributed by atoms with E-state index in [9.17, 15) is 4.79 Å². The zero-order valence-corrected chi connectivity index (χ0v) is 18.1. The van der Waals surface area contributed by atoms with Gasteiger partial charge in [-0.3, -0.25) is 10.1 Å². The van der Waals surface area contributed by atoms with Gasteiger partial charge in [0, 0.05) is 11.3 Å². The summed E-state index contributed by atoms with van der Waals surface area (Å²) < 4.78 is 11.2. The summed E-state index contributed by atoms with van der Waals surface area (Å²) in [4.78, 5) is 17.0. The summed E-state index contributed by atoms with van der Waals surface area (Å²) in [5, 5.41) is 6.39. The van der Waals surface area contributed by atoms with Gasteiger partial charge in [0.25, 0.3) is 5.91 Å². The molecule has 6 nitrogen and oxygen atoms in total. The number of thiocarbonyl (C=S) groups is 1. The molecular formula is C23H18ClN3O3S. The van der Waals surface area contributed by atoms with Crippen LogP contribution in [0.1, 0.15) is 17.3 Å². The third-order valence-electron chi connectivity index (χ3n) is 4.38. The number of oxazole rings is 1. The highest BCUT2D eigenvalue weighted by Crippen LogP contribution is 2.30. The quantitative estimate of drug-likeness (QED) is 0.380. The highest BCUT2D eigenvalue weighted by atomic mass is 35.5. The monoisotopic (exact) mass is 451 g/mol. The number of carbonyl (C=O) groups excluding carboxylic acids is 1. The predicted molar refractivity (Wildman–Crippen MR) is 126 cm³/mol. The molecule has 3 aromatic carbocycles. The van der Waals surface area contributed by atoms with Crippen molar-refractivity contribution in [3.63, 3.8) is 0 Å². The standard InChI is InChI=1S/C23H18ClN3O3S/c1-2-29-16-7-5-6-14(12-16)21(28)27-23(31)25-15-10-11-20-19(13-15)26-22(30-20)17-8-3-4-9-18(17)24/h3-13H,2H2,1H3,(H2,25,27,28,31). The molecule has 2 N–H and O–H groups in total. The van der Waals surface area contributed by atoms with Gasteiger partial charge < -0.3 is 14.5 Å². The van der Waals surface area contributed by atoms with Crippen LogP contribution in [-0.4, -0.2) is 22.6 Å². The largest absolute Gasteiger partial charge is 0.494 e. The van der Waals surface area contributed by atoms with Crippen LogP contribution in [0.4, 0.5) is 5.69 Å². The molecule has 31 heavy (non-hydrogen) atoms. The van der Waals surface area contributed by atoms with Crippen molar-refractivity contribution in [1.82, 2.24) is 10.3 Å². The van der Waals surface area contributed by atoms with Crippen LogP contribution in [0.15, 0.2) is 71.1 Å². The van der Waals surface area contributed by atoms with E-state index in [1.54, 1.807) is 48.5 Å². The molecule has 4 rings (SSSR count). The number of aromatic nitrogens is 1. The SMILES string of the molecule is CCOc1cccc(C(=O)NC(=S)Nc2ccc3oc(-c4ccccc4Cl)nc3c2)c1. The number of halogens is 1. The second-order valence-corrected chi connectivity index (χ2v) is 7.37. The highest BCUT2D eigenvalue weighted by molar-refractivity contribution is 7.80. The molecule has 0 radical (unpaired) electrons. The van der Waals surface area contributed by atoms with Gasteiger partial charge in [0.1, 0.15) is 11.3 Å². The first-order chi connectivity index (χ1) is 15.0. The van der Waals surface area contributed by atoms with Crippen LogP contribution in [0.5, 0.6) is 5.75 Å². The van der Waals surface area contributed by atoms with Crippen molar-refractivity contribution in [3.05, 3.63) is 77.3 Å². The van der Waals surface area contributed by atoms with Crippen LogP contribution in [0.2, 0.25) is 5.02 Å². The Balaban J connectivity index is 1.47. The van der Waals surface area contributed by atoms with Crippen molar-refractivity contribution in [2.75, 3.05) is 11.9 Å². The normalized spacial score (nSPS) is 10.6. The molecule has 0 aliphatic rings. The third kappa shape index (κ3) is 4.84. The van der Waals surface area contributed by atoms with E-state index < -0.39 is 0 Å². The molecule has 4 aromatic rings. The smallest absolute Gasteiger partial charge is 0.257 e. The lowest BCUT2D eigenvalue weighted by Crippen LogP contribution is -2.34. The fourth-order valence-corrected chi connectivity index (χ4v) is 3.41. The van der Waals surface area contributed by atoms with Crippen molar-refractivity contribution < 1.29 is 13.9 Å². The first-order valence-electron chi connectivity index (χ1n) is 9.54. The number of amides is 1. The first-order valence-corrected chi connectivity index (χ1v) is 10.3. The molecule has 0 saturated carbocycles. The second-order valence-electron chi connectivity index (χ2n) is 6.55. The molecule has 0 fully saturated rings. The van der Waals surface area contributed by atoms with Crippen LogP contribution in [0.25, 0.3) is 22.6 Å². The zero-order chi connectivity index (χ0) is 21.8. The minimum Gasteiger partial charge on any atom is -0.494 e. The summed E-state index contributed by atoms with van der Waals surface area (Å²) in [7, 11) is 0. The average molecular weight is 452 g/mol. The fourth-order valence-electron chi connectivity index (χ4n) is 2.99. The van der Waals surface area contributed by atoms with Gasteiger partial charge in [-0.05, 0) is 67.7 Å². The van der Waals surface area contributed by atoms with E-state index in [1.165, 1.54) is 0 Å². The number of benzene rings is 3. The van der Waals surface area contributed by atoms with E-state index in [2.05, 4.69) is 15.6 Å². The molecule has 0 saturated heterocycles. The molecule has 156 valence electrons. The van der Waals surface area contributed by atoms with E-state index in [0.717, 1.165) is 0 Å². The summed E-state index contributed by atoms with van der Waals surface area (Å²) in [6.07, 6.45) is 0. The Bertz CT molecular complexity index is 1270. The van der Waals surface area contributed by atoms with Gasteiger partial charge >= 0.3 is 0 Å². The number of nitrogens with zero attached hydrogens (tertiary/aromatic N) is 1. The fraction of sp³-hybridized carbons (Fsp3) is 0.0870. The average Bonchev–Trinajstić information content (AvgIpc) is 3.17. The van der Waals surface area contributed by atoms with Crippen molar-refractivity contribution in [3.8, 4) is 17.2 Å². The Morgan fingerprint density at radius 2 is 1.97 bits per heavy atom. The Kier molecular flexibility index (Phi) is 6.16. The summed E-state index contributed by atoms with van der Waals surface area (Å²) >= 11 is 11.5. The van der Waals surface area contributed by atoms with Gasteiger partial charge in [0.05, 0.1) is 17.2 Å². The zero-order valence-electron chi connectivity index (χ0n) is 16.5. The number of anilines is 1. The number of carbonyl (C=O) groups is 1. The number of hydrogen-bond donors (Lipinski definition) is 2. The van der Waals surface area contributed by atoms with E-state index in [4.69, 9.17) is 33.0 Å². The maximum atomic E-state index is 12.5. The number of nitrogens with one attached hydrogen (secondary N) is 2. The molecule has 0 aliphatic heterocycles. The predicted octanol–water partition coefficient (Wildman–Crippen LogP) is 5.67. The lowest BCUT2D eigenvalue weighted by molar-refractivity contribution is 0.0977. The number of fused-ring (bicyclic) bond motifs is 1. The molecule has 0 atom stereocenters. The Morgan fingerprint density at radius 1 is 1.13 bits per heavy atom. The van der Waals surface area contributed by atoms with Crippen LogP contribution >= 0.6 is 23.8 Å². The summed E-state index contributed by atoms with van der Waals surface area (Å²) in [5.41, 5.74) is 3.08. The topological polar surface area (TPSA) is 76.4 Å². The van der Waals surface area contributed by atoms with Gasteiger partial charge in [-0.1, -0.05) is 29.8 Å². The molecule has 0 bridgehead atoms. The molecule has 0 unspecified atom stereocenters. The molecule has 8 heteroatoms. The minimum atomic E-state index is -0.331. The molecule has 1 amide bonds. The van der Waals surface area contributed by atoms with Crippen LogP contribution in [0, 0.1) is 0 Å². The van der Waals surface area contributed by atoms with Gasteiger partial charge in [0.15, 0.2) is 10.7 Å².